The summed E-state index contributed by atoms with van der Waals surface area (Å²) in [7, 11) is 3.29. The molecule has 1 atom stereocenters. The molecule has 160 valence electrons. The number of ether oxygens (including phenoxy) is 2. The van der Waals surface area contributed by atoms with Gasteiger partial charge in [0.1, 0.15) is 11.5 Å². The number of fused-ring (bicyclic) bond motifs is 1. The second-order valence-corrected chi connectivity index (χ2v) is 7.42. The number of nitrogens with one attached hydrogen (secondary N) is 1. The number of carboxylic acid groups (broad SMARTS) is 1. The van der Waals surface area contributed by atoms with Crippen molar-refractivity contribution >= 4 is 23.8 Å². The molecule has 0 bridgehead atoms. The highest BCUT2D eigenvalue weighted by atomic mass is 16.5. The number of amides is 1. The van der Waals surface area contributed by atoms with E-state index >= 15 is 0 Å². The number of benzene rings is 2. The lowest BCUT2D eigenvalue weighted by molar-refractivity contribution is -0.123. The minimum absolute atomic E-state index is 0.0101. The van der Waals surface area contributed by atoms with Crippen molar-refractivity contribution < 1.29 is 24.2 Å². The summed E-state index contributed by atoms with van der Waals surface area (Å²) >= 11 is 0. The second-order valence-electron chi connectivity index (χ2n) is 7.42. The van der Waals surface area contributed by atoms with Crippen molar-refractivity contribution in [2.45, 2.75) is 32.1 Å². The van der Waals surface area contributed by atoms with Crippen LogP contribution in [0.3, 0.4) is 0 Å². The van der Waals surface area contributed by atoms with Crippen LogP contribution in [0.5, 0.6) is 11.5 Å². The first kappa shape index (κ1) is 21.5. The molecule has 0 saturated carbocycles. The number of hydrogen-bond acceptors (Lipinski definition) is 5. The molecule has 1 amide bonds. The van der Waals surface area contributed by atoms with Gasteiger partial charge in [0.15, 0.2) is 0 Å². The Bertz CT molecular complexity index is 900. The zero-order valence-electron chi connectivity index (χ0n) is 17.6. The largest absolute Gasteiger partial charge is 0.497 e. The van der Waals surface area contributed by atoms with E-state index in [1.54, 1.807) is 14.2 Å². The minimum Gasteiger partial charge on any atom is -0.497 e. The molecule has 0 spiro atoms. The zero-order valence-corrected chi connectivity index (χ0v) is 17.6. The number of methoxy groups -OCH3 is 2. The van der Waals surface area contributed by atoms with Gasteiger partial charge in [-0.25, -0.2) is 0 Å². The van der Waals surface area contributed by atoms with Crippen molar-refractivity contribution in [3.05, 3.63) is 47.0 Å². The first-order valence-corrected chi connectivity index (χ1v) is 10.0. The van der Waals surface area contributed by atoms with Gasteiger partial charge in [-0.3, -0.25) is 9.59 Å². The van der Waals surface area contributed by atoms with Crippen LogP contribution in [-0.2, 0) is 9.59 Å². The van der Waals surface area contributed by atoms with E-state index in [0.29, 0.717) is 6.42 Å². The Labute approximate surface area is 176 Å². The van der Waals surface area contributed by atoms with Crippen LogP contribution in [0.1, 0.15) is 41.9 Å². The Morgan fingerprint density at radius 1 is 1.10 bits per heavy atom. The first-order chi connectivity index (χ1) is 14.5. The summed E-state index contributed by atoms with van der Waals surface area (Å²) in [6, 6.07) is 10.2. The molecule has 0 aliphatic carbocycles. The summed E-state index contributed by atoms with van der Waals surface area (Å²) in [4.78, 5) is 23.3. The highest BCUT2D eigenvalue weighted by molar-refractivity contribution is 5.97. The zero-order chi connectivity index (χ0) is 21.7. The average Bonchev–Trinajstić information content (AvgIpc) is 3.28. The van der Waals surface area contributed by atoms with Crippen LogP contribution in [-0.4, -0.2) is 44.8 Å². The molecule has 2 aliphatic heterocycles. The maximum absolute atomic E-state index is 12.5. The Hall–Kier alpha value is -3.22. The maximum atomic E-state index is 12.5. The highest BCUT2D eigenvalue weighted by Crippen LogP contribution is 2.43. The molecule has 1 fully saturated rings. The van der Waals surface area contributed by atoms with E-state index in [-0.39, 0.29) is 18.3 Å². The van der Waals surface area contributed by atoms with Gasteiger partial charge in [0, 0.05) is 42.9 Å². The number of hydrogen-bond donors (Lipinski definition) is 2. The molecule has 0 radical (unpaired) electrons. The fourth-order valence-electron chi connectivity index (χ4n) is 4.29. The molecule has 2 aromatic carbocycles. The standard InChI is InChI=1S/C22H26N2O3.CH2O2/c1-14-20(24-8-4-5-9-24)7-6-18-19(13-21(25)23-22(14)18)15-10-16(26-2)12-17(11-15)27-3;2-1-3/h6-7,10-12,19H,4-5,8-9,13H2,1-3H3,(H,23,25);1H,(H,2,3). The van der Waals surface area contributed by atoms with Crippen LogP contribution in [0.15, 0.2) is 30.3 Å². The number of nitrogens with zero attached hydrogens (tertiary/aromatic N) is 1. The number of carbonyl (C=O) groups excluding carboxylic acids is 1. The molecule has 2 aliphatic rings. The summed E-state index contributed by atoms with van der Waals surface area (Å²) < 4.78 is 10.9. The lowest BCUT2D eigenvalue weighted by Gasteiger charge is -2.30. The van der Waals surface area contributed by atoms with Gasteiger partial charge in [-0.15, -0.1) is 0 Å². The molecule has 4 rings (SSSR count). The van der Waals surface area contributed by atoms with E-state index < -0.39 is 0 Å². The SMILES string of the molecule is COc1cc(OC)cc(C2CC(=O)Nc3c2ccc(N2CCCC2)c3C)c1.O=CO. The van der Waals surface area contributed by atoms with Gasteiger partial charge in [0.05, 0.1) is 14.2 Å². The smallest absolute Gasteiger partial charge is 0.290 e. The van der Waals surface area contributed by atoms with E-state index in [1.165, 1.54) is 18.5 Å². The topological polar surface area (TPSA) is 88.1 Å². The predicted molar refractivity (Wildman–Crippen MR) is 116 cm³/mol. The third-order valence-electron chi connectivity index (χ3n) is 5.72. The van der Waals surface area contributed by atoms with Gasteiger partial charge in [0.2, 0.25) is 5.91 Å². The average molecular weight is 412 g/mol. The lowest BCUT2D eigenvalue weighted by atomic mass is 9.83. The van der Waals surface area contributed by atoms with Crippen molar-refractivity contribution in [3.63, 3.8) is 0 Å². The van der Waals surface area contributed by atoms with Crippen LogP contribution < -0.4 is 19.7 Å². The van der Waals surface area contributed by atoms with Crippen LogP contribution in [0.4, 0.5) is 11.4 Å². The summed E-state index contributed by atoms with van der Waals surface area (Å²) in [5, 5.41) is 10.0. The van der Waals surface area contributed by atoms with Gasteiger partial charge in [-0.2, -0.15) is 0 Å². The van der Waals surface area contributed by atoms with E-state index in [1.807, 2.05) is 18.2 Å². The summed E-state index contributed by atoms with van der Waals surface area (Å²) in [5.41, 5.74) is 5.54. The Balaban J connectivity index is 0.000000806. The fourth-order valence-corrected chi connectivity index (χ4v) is 4.29. The van der Waals surface area contributed by atoms with E-state index in [9.17, 15) is 4.79 Å². The molecule has 1 saturated heterocycles. The molecule has 7 heteroatoms. The van der Waals surface area contributed by atoms with Crippen molar-refractivity contribution in [3.8, 4) is 11.5 Å². The van der Waals surface area contributed by atoms with Crippen LogP contribution in [0, 0.1) is 6.92 Å². The van der Waals surface area contributed by atoms with E-state index in [0.717, 1.165) is 47.0 Å². The lowest BCUT2D eigenvalue weighted by Crippen LogP contribution is -2.26. The van der Waals surface area contributed by atoms with Gasteiger partial charge >= 0.3 is 0 Å². The third-order valence-corrected chi connectivity index (χ3v) is 5.72. The molecule has 2 aromatic rings. The number of anilines is 2. The highest BCUT2D eigenvalue weighted by Gasteiger charge is 2.30. The molecular weight excluding hydrogens is 384 g/mol. The molecule has 0 aromatic heterocycles. The molecule has 2 heterocycles. The third kappa shape index (κ3) is 4.35. The van der Waals surface area contributed by atoms with Crippen molar-refractivity contribution in [2.24, 2.45) is 0 Å². The van der Waals surface area contributed by atoms with E-state index in [4.69, 9.17) is 19.4 Å². The molecule has 2 N–H and O–H groups in total. The number of carbonyl (C=O) groups is 2. The maximum Gasteiger partial charge on any atom is 0.290 e. The second kappa shape index (κ2) is 9.52. The van der Waals surface area contributed by atoms with Gasteiger partial charge in [0.25, 0.3) is 6.47 Å². The quantitative estimate of drug-likeness (QED) is 0.743. The Morgan fingerprint density at radius 3 is 2.27 bits per heavy atom. The Kier molecular flexibility index (Phi) is 6.82. The summed E-state index contributed by atoms with van der Waals surface area (Å²) in [6.07, 6.45) is 2.88. The van der Waals surface area contributed by atoms with Crippen molar-refractivity contribution in [2.75, 3.05) is 37.5 Å². The fraction of sp³-hybridized carbons (Fsp3) is 0.391. The predicted octanol–water partition coefficient (Wildman–Crippen LogP) is 3.79. The van der Waals surface area contributed by atoms with Crippen LogP contribution in [0.25, 0.3) is 0 Å². The van der Waals surface area contributed by atoms with Gasteiger partial charge < -0.3 is 24.8 Å². The Morgan fingerprint density at radius 2 is 1.70 bits per heavy atom. The molecular formula is C23H28N2O5. The molecule has 30 heavy (non-hydrogen) atoms. The van der Waals surface area contributed by atoms with Crippen LogP contribution >= 0.6 is 0 Å². The first-order valence-electron chi connectivity index (χ1n) is 10.0. The van der Waals surface area contributed by atoms with Crippen molar-refractivity contribution in [1.29, 1.82) is 0 Å². The number of rotatable bonds is 4. The monoisotopic (exact) mass is 412 g/mol. The minimum atomic E-state index is -0.250. The van der Waals surface area contributed by atoms with Crippen molar-refractivity contribution in [1.82, 2.24) is 0 Å². The van der Waals surface area contributed by atoms with Crippen LogP contribution in [0.2, 0.25) is 0 Å². The summed E-state index contributed by atoms with van der Waals surface area (Å²) in [6.45, 7) is 4.04. The van der Waals surface area contributed by atoms with Gasteiger partial charge in [-0.05, 0) is 54.7 Å². The van der Waals surface area contributed by atoms with E-state index in [2.05, 4.69) is 29.3 Å². The normalized spacial score (nSPS) is 17.4. The van der Waals surface area contributed by atoms with Gasteiger partial charge in [-0.1, -0.05) is 6.07 Å². The molecule has 1 unspecified atom stereocenters. The molecule has 7 nitrogen and oxygen atoms in total. The summed E-state index contributed by atoms with van der Waals surface area (Å²) in [5.74, 6) is 1.52.